The Labute approximate surface area is 107 Å². The number of hydrogen-bond acceptors (Lipinski definition) is 3. The Bertz CT molecular complexity index is 636. The first kappa shape index (κ1) is 14.5. The van der Waals surface area contributed by atoms with Gasteiger partial charge in [0.15, 0.2) is 0 Å². The molecule has 0 radical (unpaired) electrons. The van der Waals surface area contributed by atoms with Crippen LogP contribution in [0.15, 0.2) is 41.3 Å². The predicted molar refractivity (Wildman–Crippen MR) is 74.7 cm³/mol. The maximum Gasteiger partial charge on any atom is 0.295 e. The summed E-state index contributed by atoms with van der Waals surface area (Å²) in [5.74, 6) is 0. The normalized spacial score (nSPS) is 10.7. The first-order valence-corrected chi connectivity index (χ1v) is 7.14. The van der Waals surface area contributed by atoms with E-state index in [-0.39, 0.29) is 4.90 Å². The average Bonchev–Trinajstić information content (AvgIpc) is 2.38. The minimum absolute atomic E-state index is 0.0624. The number of nitrogens with one attached hydrogen (secondary N) is 1. The zero-order chi connectivity index (χ0) is 13.8. The molecule has 0 bridgehead atoms. The molecule has 2 N–H and O–H groups in total. The van der Waals surface area contributed by atoms with Crippen LogP contribution in [0, 0.1) is 0 Å². The van der Waals surface area contributed by atoms with Gasteiger partial charge in [0.05, 0.1) is 0 Å². The second kappa shape index (κ2) is 5.84. The van der Waals surface area contributed by atoms with Crippen LogP contribution in [-0.4, -0.2) is 20.0 Å². The molecule has 0 aromatic heterocycles. The maximum absolute atomic E-state index is 11.1. The molecule has 0 heterocycles. The lowest BCUT2D eigenvalue weighted by molar-refractivity contribution is 0.484. The van der Waals surface area contributed by atoms with Crippen LogP contribution in [0.3, 0.4) is 0 Å². The molecule has 0 saturated heterocycles. The average molecular weight is 267 g/mol. The van der Waals surface area contributed by atoms with Gasteiger partial charge in [-0.3, -0.25) is 4.55 Å². The lowest BCUT2D eigenvalue weighted by Gasteiger charge is -2.05. The van der Waals surface area contributed by atoms with Crippen molar-refractivity contribution in [3.8, 4) is 0 Å². The van der Waals surface area contributed by atoms with Gasteiger partial charge in [-0.15, -0.1) is 0 Å². The smallest absolute Gasteiger partial charge is 0.295 e. The molecule has 0 saturated carbocycles. The number of benzene rings is 2. The summed E-state index contributed by atoms with van der Waals surface area (Å²) in [6.07, 6.45) is 0. The Morgan fingerprint density at radius 2 is 1.78 bits per heavy atom. The van der Waals surface area contributed by atoms with Crippen LogP contribution in [0.4, 0.5) is 5.69 Å². The predicted octanol–water partition coefficient (Wildman–Crippen LogP) is 3.15. The zero-order valence-corrected chi connectivity index (χ0v) is 11.5. The topological polar surface area (TPSA) is 66.4 Å². The fourth-order valence-electron chi connectivity index (χ4n) is 1.63. The molecule has 0 unspecified atom stereocenters. The van der Waals surface area contributed by atoms with Gasteiger partial charge in [-0.1, -0.05) is 32.0 Å². The van der Waals surface area contributed by atoms with E-state index in [0.717, 1.165) is 11.1 Å². The van der Waals surface area contributed by atoms with E-state index in [1.54, 1.807) is 31.3 Å². The molecule has 0 fully saturated rings. The summed E-state index contributed by atoms with van der Waals surface area (Å²) in [7, 11) is -2.38. The quantitative estimate of drug-likeness (QED) is 0.820. The fourth-order valence-corrected chi connectivity index (χ4v) is 2.35. The van der Waals surface area contributed by atoms with Crippen molar-refractivity contribution in [2.75, 3.05) is 12.4 Å². The molecule has 98 valence electrons. The second-order valence-electron chi connectivity index (χ2n) is 3.42. The van der Waals surface area contributed by atoms with Crippen molar-refractivity contribution < 1.29 is 13.0 Å². The Balaban J connectivity index is 0.000000771. The van der Waals surface area contributed by atoms with Gasteiger partial charge in [-0.05, 0) is 23.6 Å². The van der Waals surface area contributed by atoms with Crippen LogP contribution in [0.25, 0.3) is 10.8 Å². The first-order chi connectivity index (χ1) is 8.52. The van der Waals surface area contributed by atoms with E-state index in [1.165, 1.54) is 6.07 Å². The van der Waals surface area contributed by atoms with E-state index in [1.807, 2.05) is 19.9 Å². The third kappa shape index (κ3) is 3.00. The first-order valence-electron chi connectivity index (χ1n) is 5.70. The van der Waals surface area contributed by atoms with E-state index in [0.29, 0.717) is 5.39 Å². The summed E-state index contributed by atoms with van der Waals surface area (Å²) in [4.78, 5) is -0.0624. The number of anilines is 1. The SMILES string of the molecule is CC.CNc1ccc2c(S(=O)(=O)O)cccc2c1. The minimum Gasteiger partial charge on any atom is -0.388 e. The van der Waals surface area contributed by atoms with Gasteiger partial charge in [0.2, 0.25) is 0 Å². The van der Waals surface area contributed by atoms with Crippen molar-refractivity contribution in [3.63, 3.8) is 0 Å². The summed E-state index contributed by atoms with van der Waals surface area (Å²) in [6, 6.07) is 10.0. The van der Waals surface area contributed by atoms with Crippen LogP contribution in [-0.2, 0) is 10.1 Å². The van der Waals surface area contributed by atoms with Gasteiger partial charge in [-0.2, -0.15) is 8.42 Å². The number of hydrogen-bond donors (Lipinski definition) is 2. The molecule has 0 atom stereocenters. The van der Waals surface area contributed by atoms with Crippen LogP contribution in [0.5, 0.6) is 0 Å². The molecule has 2 rings (SSSR count). The van der Waals surface area contributed by atoms with Gasteiger partial charge in [0, 0.05) is 18.1 Å². The van der Waals surface area contributed by atoms with Gasteiger partial charge >= 0.3 is 0 Å². The summed E-state index contributed by atoms with van der Waals surface area (Å²) in [5, 5.41) is 4.25. The fraction of sp³-hybridized carbons (Fsp3) is 0.231. The molecule has 0 aliphatic heterocycles. The van der Waals surface area contributed by atoms with E-state index < -0.39 is 10.1 Å². The van der Waals surface area contributed by atoms with Gasteiger partial charge in [0.25, 0.3) is 10.1 Å². The molecule has 5 heteroatoms. The van der Waals surface area contributed by atoms with Crippen molar-refractivity contribution in [2.24, 2.45) is 0 Å². The summed E-state index contributed by atoms with van der Waals surface area (Å²) in [5.41, 5.74) is 0.889. The highest BCUT2D eigenvalue weighted by Gasteiger charge is 2.13. The summed E-state index contributed by atoms with van der Waals surface area (Å²) in [6.45, 7) is 4.00. The molecule has 2 aromatic rings. The second-order valence-corrected chi connectivity index (χ2v) is 4.81. The van der Waals surface area contributed by atoms with Crippen LogP contribution < -0.4 is 5.32 Å². The molecule has 18 heavy (non-hydrogen) atoms. The highest BCUT2D eigenvalue weighted by atomic mass is 32.2. The summed E-state index contributed by atoms with van der Waals surface area (Å²) < 4.78 is 31.4. The molecule has 0 aliphatic carbocycles. The van der Waals surface area contributed by atoms with Crippen molar-refractivity contribution in [2.45, 2.75) is 18.7 Å². The largest absolute Gasteiger partial charge is 0.388 e. The standard InChI is InChI=1S/C11H11NO3S.C2H6/c1-12-9-5-6-10-8(7-9)3-2-4-11(10)16(13,14)15;1-2/h2-7,12H,1H3,(H,13,14,15);1-2H3. The van der Waals surface area contributed by atoms with Gasteiger partial charge in [-0.25, -0.2) is 0 Å². The van der Waals surface area contributed by atoms with Crippen molar-refractivity contribution >= 4 is 26.6 Å². The summed E-state index contributed by atoms with van der Waals surface area (Å²) >= 11 is 0. The van der Waals surface area contributed by atoms with Gasteiger partial charge in [0.1, 0.15) is 4.90 Å². The van der Waals surface area contributed by atoms with E-state index in [9.17, 15) is 8.42 Å². The highest BCUT2D eigenvalue weighted by molar-refractivity contribution is 7.86. The Morgan fingerprint density at radius 1 is 1.11 bits per heavy atom. The molecule has 2 aromatic carbocycles. The zero-order valence-electron chi connectivity index (χ0n) is 10.6. The minimum atomic E-state index is -4.17. The monoisotopic (exact) mass is 267 g/mol. The van der Waals surface area contributed by atoms with E-state index in [2.05, 4.69) is 5.32 Å². The molecule has 0 aliphatic rings. The van der Waals surface area contributed by atoms with Crippen molar-refractivity contribution in [3.05, 3.63) is 36.4 Å². The Hall–Kier alpha value is -1.59. The number of fused-ring (bicyclic) bond motifs is 1. The third-order valence-electron chi connectivity index (χ3n) is 2.41. The number of rotatable bonds is 2. The molecular weight excluding hydrogens is 250 g/mol. The molecule has 0 spiro atoms. The van der Waals surface area contributed by atoms with Crippen molar-refractivity contribution in [1.29, 1.82) is 0 Å². The molecular formula is C13H17NO3S. The molecule has 4 nitrogen and oxygen atoms in total. The van der Waals surface area contributed by atoms with Crippen LogP contribution in [0.1, 0.15) is 13.8 Å². The van der Waals surface area contributed by atoms with Crippen LogP contribution in [0.2, 0.25) is 0 Å². The lowest BCUT2D eigenvalue weighted by atomic mass is 10.1. The Kier molecular flexibility index (Phi) is 4.69. The van der Waals surface area contributed by atoms with E-state index >= 15 is 0 Å². The maximum atomic E-state index is 11.1. The lowest BCUT2D eigenvalue weighted by Crippen LogP contribution is -1.99. The third-order valence-corrected chi connectivity index (χ3v) is 3.32. The highest BCUT2D eigenvalue weighted by Crippen LogP contribution is 2.25. The molecule has 0 amide bonds. The van der Waals surface area contributed by atoms with Crippen molar-refractivity contribution in [1.82, 2.24) is 0 Å². The van der Waals surface area contributed by atoms with E-state index in [4.69, 9.17) is 4.55 Å². The Morgan fingerprint density at radius 3 is 2.33 bits per heavy atom. The van der Waals surface area contributed by atoms with Gasteiger partial charge < -0.3 is 5.32 Å². The van der Waals surface area contributed by atoms with Crippen LogP contribution >= 0.6 is 0 Å².